The predicted molar refractivity (Wildman–Crippen MR) is 61.3 cm³/mol. The Hall–Kier alpha value is -0.790. The maximum atomic E-state index is 6.06. The molecule has 0 amide bonds. The van der Waals surface area contributed by atoms with Crippen molar-refractivity contribution < 1.29 is 0 Å². The maximum Gasteiger partial charge on any atom is 0.0478 e. The Bertz CT molecular complexity index is 357. The largest absolute Gasteiger partial charge is 0.327 e. The van der Waals surface area contributed by atoms with Gasteiger partial charge in [-0.15, -0.1) is 0 Å². The Morgan fingerprint density at radius 1 is 1.36 bits per heavy atom. The van der Waals surface area contributed by atoms with Crippen molar-refractivity contribution in [2.24, 2.45) is 5.73 Å². The van der Waals surface area contributed by atoms with Crippen LogP contribution >= 0.6 is 11.6 Å². The Kier molecular flexibility index (Phi) is 2.90. The molecule has 1 unspecified atom stereocenters. The molecule has 2 N–H and O–H groups in total. The summed E-state index contributed by atoms with van der Waals surface area (Å²) >= 11 is 6.06. The van der Waals surface area contributed by atoms with Crippen molar-refractivity contribution in [3.8, 4) is 0 Å². The third-order valence-electron chi connectivity index (χ3n) is 2.63. The lowest BCUT2D eigenvalue weighted by Gasteiger charge is -2.00. The highest BCUT2D eigenvalue weighted by Gasteiger charge is 2.14. The van der Waals surface area contributed by atoms with Crippen LogP contribution in [0.2, 0.25) is 5.02 Å². The molecule has 1 aromatic rings. The molecule has 0 heterocycles. The fraction of sp³-hybridized carbons (Fsp3) is 0.333. The molecule has 0 saturated heterocycles. The van der Waals surface area contributed by atoms with E-state index in [1.807, 2.05) is 24.3 Å². The second-order valence-corrected chi connectivity index (χ2v) is 4.23. The summed E-state index contributed by atoms with van der Waals surface area (Å²) in [7, 11) is 0. The minimum Gasteiger partial charge on any atom is -0.327 e. The molecule has 0 bridgehead atoms. The van der Waals surface area contributed by atoms with E-state index in [4.69, 9.17) is 17.3 Å². The summed E-state index contributed by atoms with van der Waals surface area (Å²) in [6.45, 7) is 0. The number of nitrogens with two attached hydrogens (primary N) is 1. The quantitative estimate of drug-likeness (QED) is 0.752. The van der Waals surface area contributed by atoms with Gasteiger partial charge in [0.25, 0.3) is 0 Å². The molecule has 1 nitrogen and oxygen atoms in total. The highest BCUT2D eigenvalue weighted by atomic mass is 35.5. The molecule has 1 fully saturated rings. The molecule has 1 saturated carbocycles. The average molecular weight is 208 g/mol. The van der Waals surface area contributed by atoms with Crippen molar-refractivity contribution in [2.45, 2.75) is 25.3 Å². The zero-order chi connectivity index (χ0) is 9.97. The van der Waals surface area contributed by atoms with E-state index in [9.17, 15) is 0 Å². The lowest BCUT2D eigenvalue weighted by molar-refractivity contribution is 0.711. The van der Waals surface area contributed by atoms with Gasteiger partial charge in [-0.25, -0.2) is 0 Å². The van der Waals surface area contributed by atoms with Gasteiger partial charge in [0.1, 0.15) is 0 Å². The molecule has 0 spiro atoms. The summed E-state index contributed by atoms with van der Waals surface area (Å²) in [5.74, 6) is 0. The Morgan fingerprint density at radius 3 is 2.79 bits per heavy atom. The highest BCUT2D eigenvalue weighted by molar-refractivity contribution is 6.32. The van der Waals surface area contributed by atoms with Crippen LogP contribution in [-0.4, -0.2) is 6.04 Å². The number of hydrogen-bond acceptors (Lipinski definition) is 1. The van der Waals surface area contributed by atoms with Crippen molar-refractivity contribution in [3.63, 3.8) is 0 Å². The van der Waals surface area contributed by atoms with Gasteiger partial charge in [0.15, 0.2) is 0 Å². The van der Waals surface area contributed by atoms with Crippen molar-refractivity contribution in [1.29, 1.82) is 0 Å². The highest BCUT2D eigenvalue weighted by Crippen LogP contribution is 2.27. The summed E-state index contributed by atoms with van der Waals surface area (Å²) in [4.78, 5) is 0. The molecule has 1 atom stereocenters. The molecular weight excluding hydrogens is 194 g/mol. The van der Waals surface area contributed by atoms with Gasteiger partial charge in [0.05, 0.1) is 0 Å². The van der Waals surface area contributed by atoms with Crippen LogP contribution in [0.1, 0.15) is 24.8 Å². The molecule has 0 aromatic heterocycles. The summed E-state index contributed by atoms with van der Waals surface area (Å²) in [5, 5.41) is 0.820. The van der Waals surface area contributed by atoms with Gasteiger partial charge in [-0.2, -0.15) is 0 Å². The number of hydrogen-bond donors (Lipinski definition) is 1. The van der Waals surface area contributed by atoms with E-state index < -0.39 is 0 Å². The van der Waals surface area contributed by atoms with Gasteiger partial charge < -0.3 is 5.73 Å². The molecule has 1 aliphatic carbocycles. The topological polar surface area (TPSA) is 26.0 Å². The summed E-state index contributed by atoms with van der Waals surface area (Å²) in [5.41, 5.74) is 8.37. The van der Waals surface area contributed by atoms with Gasteiger partial charge in [-0.3, -0.25) is 0 Å². The minimum absolute atomic E-state index is 0.351. The van der Waals surface area contributed by atoms with Crippen LogP contribution in [0.4, 0.5) is 0 Å². The molecule has 1 aromatic carbocycles. The SMILES string of the molecule is NC1CC/C(=C/c2ccccc2Cl)C1. The van der Waals surface area contributed by atoms with Crippen molar-refractivity contribution in [2.75, 3.05) is 0 Å². The van der Waals surface area contributed by atoms with Crippen LogP contribution < -0.4 is 5.73 Å². The second kappa shape index (κ2) is 4.16. The third kappa shape index (κ3) is 2.17. The van der Waals surface area contributed by atoms with E-state index in [-0.39, 0.29) is 0 Å². The minimum atomic E-state index is 0.351. The van der Waals surface area contributed by atoms with Crippen molar-refractivity contribution in [1.82, 2.24) is 0 Å². The Labute approximate surface area is 89.6 Å². The zero-order valence-electron chi connectivity index (χ0n) is 8.04. The first-order valence-electron chi connectivity index (χ1n) is 4.95. The van der Waals surface area contributed by atoms with E-state index in [1.54, 1.807) is 0 Å². The molecule has 1 aliphatic rings. The van der Waals surface area contributed by atoms with Crippen LogP contribution in [0.3, 0.4) is 0 Å². The first-order chi connectivity index (χ1) is 6.75. The Morgan fingerprint density at radius 2 is 2.14 bits per heavy atom. The average Bonchev–Trinajstić information content (AvgIpc) is 2.56. The van der Waals surface area contributed by atoms with E-state index in [2.05, 4.69) is 6.08 Å². The van der Waals surface area contributed by atoms with Crippen molar-refractivity contribution in [3.05, 3.63) is 40.4 Å². The summed E-state index contributed by atoms with van der Waals surface area (Å²) in [6.07, 6.45) is 5.42. The number of rotatable bonds is 1. The first kappa shape index (κ1) is 9.75. The normalized spacial score (nSPS) is 24.4. The van der Waals surface area contributed by atoms with Gasteiger partial charge in [-0.1, -0.05) is 41.4 Å². The fourth-order valence-electron chi connectivity index (χ4n) is 1.85. The van der Waals surface area contributed by atoms with Crippen LogP contribution in [-0.2, 0) is 0 Å². The van der Waals surface area contributed by atoms with Gasteiger partial charge in [-0.05, 0) is 30.9 Å². The smallest absolute Gasteiger partial charge is 0.0478 e. The molecule has 2 heteroatoms. The molecule has 14 heavy (non-hydrogen) atoms. The monoisotopic (exact) mass is 207 g/mol. The predicted octanol–water partition coefficient (Wildman–Crippen LogP) is 3.23. The molecule has 2 rings (SSSR count). The van der Waals surface area contributed by atoms with Crippen LogP contribution in [0.5, 0.6) is 0 Å². The van der Waals surface area contributed by atoms with E-state index in [0.717, 1.165) is 29.8 Å². The van der Waals surface area contributed by atoms with E-state index >= 15 is 0 Å². The third-order valence-corrected chi connectivity index (χ3v) is 2.97. The number of benzene rings is 1. The molecular formula is C12H14ClN. The van der Waals surface area contributed by atoms with Gasteiger partial charge in [0.2, 0.25) is 0 Å². The standard InChI is InChI=1S/C12H14ClN/c13-12-4-2-1-3-10(12)7-9-5-6-11(14)8-9/h1-4,7,11H,5-6,8,14H2/b9-7-. The fourth-order valence-corrected chi connectivity index (χ4v) is 2.05. The van der Waals surface area contributed by atoms with Crippen molar-refractivity contribution >= 4 is 17.7 Å². The molecule has 74 valence electrons. The maximum absolute atomic E-state index is 6.06. The zero-order valence-corrected chi connectivity index (χ0v) is 8.80. The summed E-state index contributed by atoms with van der Waals surface area (Å²) < 4.78 is 0. The Balaban J connectivity index is 2.21. The summed E-state index contributed by atoms with van der Waals surface area (Å²) in [6, 6.07) is 8.27. The van der Waals surface area contributed by atoms with Gasteiger partial charge >= 0.3 is 0 Å². The van der Waals surface area contributed by atoms with Crippen LogP contribution in [0, 0.1) is 0 Å². The molecule has 0 aliphatic heterocycles. The van der Waals surface area contributed by atoms with Crippen LogP contribution in [0.25, 0.3) is 6.08 Å². The molecule has 0 radical (unpaired) electrons. The number of halogens is 1. The lowest BCUT2D eigenvalue weighted by Crippen LogP contribution is -2.13. The lowest BCUT2D eigenvalue weighted by atomic mass is 10.1. The van der Waals surface area contributed by atoms with E-state index in [1.165, 1.54) is 5.57 Å². The van der Waals surface area contributed by atoms with E-state index in [0.29, 0.717) is 6.04 Å². The second-order valence-electron chi connectivity index (χ2n) is 3.83. The van der Waals surface area contributed by atoms with Gasteiger partial charge in [0, 0.05) is 11.1 Å². The first-order valence-corrected chi connectivity index (χ1v) is 5.33. The van der Waals surface area contributed by atoms with Crippen LogP contribution in [0.15, 0.2) is 29.8 Å².